The van der Waals surface area contributed by atoms with Crippen molar-refractivity contribution in [3.8, 4) is 6.07 Å². The molecule has 0 radical (unpaired) electrons. The zero-order valence-corrected chi connectivity index (χ0v) is 12.8. The van der Waals surface area contributed by atoms with Gasteiger partial charge in [-0.15, -0.1) is 0 Å². The van der Waals surface area contributed by atoms with E-state index in [9.17, 15) is 4.79 Å². The molecule has 0 bridgehead atoms. The van der Waals surface area contributed by atoms with Crippen LogP contribution in [0.15, 0.2) is 29.8 Å². The van der Waals surface area contributed by atoms with Gasteiger partial charge in [0.25, 0.3) is 5.91 Å². The summed E-state index contributed by atoms with van der Waals surface area (Å²) in [6.07, 6.45) is 1.61. The Morgan fingerprint density at radius 3 is 2.68 bits per heavy atom. The molecule has 116 valence electrons. The number of rotatable bonds is 5. The Labute approximate surface area is 131 Å². The zero-order valence-electron chi connectivity index (χ0n) is 12.8. The first-order valence-electron chi connectivity index (χ1n) is 7.46. The van der Waals surface area contributed by atoms with E-state index in [0.717, 1.165) is 44.0 Å². The van der Waals surface area contributed by atoms with Crippen LogP contribution in [0.5, 0.6) is 0 Å². The largest absolute Gasteiger partial charge is 0.379 e. The van der Waals surface area contributed by atoms with Gasteiger partial charge in [-0.25, -0.2) is 0 Å². The summed E-state index contributed by atoms with van der Waals surface area (Å²) in [5.41, 5.74) is 2.13. The van der Waals surface area contributed by atoms with E-state index in [1.807, 2.05) is 37.3 Å². The van der Waals surface area contributed by atoms with Crippen molar-refractivity contribution >= 4 is 12.0 Å². The molecule has 0 atom stereocenters. The number of ether oxygens (including phenoxy) is 1. The zero-order chi connectivity index (χ0) is 15.8. The third-order valence-electron chi connectivity index (χ3n) is 3.57. The smallest absolute Gasteiger partial charge is 0.261 e. The van der Waals surface area contributed by atoms with Gasteiger partial charge in [0.05, 0.1) is 13.2 Å². The number of aryl methyl sites for hydroxylation is 1. The fourth-order valence-corrected chi connectivity index (χ4v) is 2.23. The van der Waals surface area contributed by atoms with E-state index in [2.05, 4.69) is 10.2 Å². The maximum absolute atomic E-state index is 12.0. The minimum Gasteiger partial charge on any atom is -0.379 e. The molecule has 1 saturated heterocycles. The van der Waals surface area contributed by atoms with Crippen molar-refractivity contribution in [1.82, 2.24) is 10.2 Å². The number of hydrogen-bond acceptors (Lipinski definition) is 4. The van der Waals surface area contributed by atoms with Crippen LogP contribution in [0.1, 0.15) is 11.1 Å². The lowest BCUT2D eigenvalue weighted by atomic mass is 10.1. The summed E-state index contributed by atoms with van der Waals surface area (Å²) in [7, 11) is 0. The molecule has 1 heterocycles. The van der Waals surface area contributed by atoms with Crippen LogP contribution in [0.3, 0.4) is 0 Å². The quantitative estimate of drug-likeness (QED) is 0.658. The van der Waals surface area contributed by atoms with Gasteiger partial charge in [-0.3, -0.25) is 9.69 Å². The average Bonchev–Trinajstić information content (AvgIpc) is 2.55. The maximum atomic E-state index is 12.0. The molecule has 1 aliphatic heterocycles. The van der Waals surface area contributed by atoms with Crippen LogP contribution >= 0.6 is 0 Å². The first-order chi connectivity index (χ1) is 10.7. The van der Waals surface area contributed by atoms with Crippen LogP contribution in [0.25, 0.3) is 6.08 Å². The van der Waals surface area contributed by atoms with Crippen molar-refractivity contribution in [1.29, 1.82) is 5.26 Å². The predicted octanol–water partition coefficient (Wildman–Crippen LogP) is 1.35. The van der Waals surface area contributed by atoms with Crippen molar-refractivity contribution in [2.24, 2.45) is 0 Å². The number of nitrogens with one attached hydrogen (secondary N) is 1. The molecule has 0 spiro atoms. The minimum atomic E-state index is -0.323. The number of nitriles is 1. The molecule has 22 heavy (non-hydrogen) atoms. The van der Waals surface area contributed by atoms with Crippen LogP contribution in [0.4, 0.5) is 0 Å². The van der Waals surface area contributed by atoms with Gasteiger partial charge in [-0.05, 0) is 18.6 Å². The van der Waals surface area contributed by atoms with Gasteiger partial charge in [0, 0.05) is 26.2 Å². The number of nitrogens with zero attached hydrogens (tertiary/aromatic N) is 2. The molecular weight excluding hydrogens is 278 g/mol. The van der Waals surface area contributed by atoms with E-state index in [1.54, 1.807) is 6.08 Å². The second kappa shape index (κ2) is 8.32. The summed E-state index contributed by atoms with van der Waals surface area (Å²) in [5, 5.41) is 12.0. The second-order valence-corrected chi connectivity index (χ2v) is 5.29. The Kier molecular flexibility index (Phi) is 6.13. The lowest BCUT2D eigenvalue weighted by molar-refractivity contribution is -0.117. The highest BCUT2D eigenvalue weighted by Crippen LogP contribution is 2.08. The molecule has 5 heteroatoms. The van der Waals surface area contributed by atoms with E-state index < -0.39 is 0 Å². The van der Waals surface area contributed by atoms with Crippen LogP contribution in [0.2, 0.25) is 0 Å². The third-order valence-corrected chi connectivity index (χ3v) is 3.57. The Morgan fingerprint density at radius 2 is 2.05 bits per heavy atom. The van der Waals surface area contributed by atoms with Crippen LogP contribution in [0, 0.1) is 18.3 Å². The van der Waals surface area contributed by atoms with Gasteiger partial charge < -0.3 is 10.1 Å². The Balaban J connectivity index is 1.86. The van der Waals surface area contributed by atoms with Crippen molar-refractivity contribution < 1.29 is 9.53 Å². The number of morpholine rings is 1. The lowest BCUT2D eigenvalue weighted by Crippen LogP contribution is -2.41. The van der Waals surface area contributed by atoms with Crippen LogP contribution < -0.4 is 5.32 Å². The molecule has 2 rings (SSSR count). The Morgan fingerprint density at radius 1 is 1.36 bits per heavy atom. The lowest BCUT2D eigenvalue weighted by Gasteiger charge is -2.26. The highest BCUT2D eigenvalue weighted by molar-refractivity contribution is 6.01. The van der Waals surface area contributed by atoms with Crippen molar-refractivity contribution in [2.45, 2.75) is 6.92 Å². The summed E-state index contributed by atoms with van der Waals surface area (Å²) in [6, 6.07) is 9.67. The molecule has 0 saturated carbocycles. The van der Waals surface area contributed by atoms with Crippen molar-refractivity contribution in [2.75, 3.05) is 39.4 Å². The first-order valence-corrected chi connectivity index (χ1v) is 7.46. The number of benzene rings is 1. The third kappa shape index (κ3) is 4.99. The maximum Gasteiger partial charge on any atom is 0.261 e. The summed E-state index contributed by atoms with van der Waals surface area (Å²) in [6.45, 7) is 6.57. The molecule has 1 aromatic rings. The van der Waals surface area contributed by atoms with E-state index >= 15 is 0 Å². The van der Waals surface area contributed by atoms with E-state index in [-0.39, 0.29) is 11.5 Å². The van der Waals surface area contributed by atoms with E-state index in [4.69, 9.17) is 10.00 Å². The van der Waals surface area contributed by atoms with E-state index in [1.165, 1.54) is 0 Å². The molecular formula is C17H21N3O2. The summed E-state index contributed by atoms with van der Waals surface area (Å²) in [4.78, 5) is 14.3. The standard InChI is InChI=1S/C17H21N3O2/c1-14-2-4-15(5-3-14)12-16(13-18)17(21)19-6-7-20-8-10-22-11-9-20/h2-5,12H,6-11H2,1H3,(H,19,21)/b16-12+. The monoisotopic (exact) mass is 299 g/mol. The summed E-state index contributed by atoms with van der Waals surface area (Å²) < 4.78 is 5.28. The summed E-state index contributed by atoms with van der Waals surface area (Å²) in [5.74, 6) is -0.323. The molecule has 5 nitrogen and oxygen atoms in total. The fraction of sp³-hybridized carbons (Fsp3) is 0.412. The SMILES string of the molecule is Cc1ccc(/C=C(\C#N)C(=O)NCCN2CCOCC2)cc1. The second-order valence-electron chi connectivity index (χ2n) is 5.29. The molecule has 0 unspecified atom stereocenters. The molecule has 1 aromatic carbocycles. The van der Waals surface area contributed by atoms with Crippen molar-refractivity contribution in [3.63, 3.8) is 0 Å². The topological polar surface area (TPSA) is 65.4 Å². The molecule has 1 N–H and O–H groups in total. The van der Waals surface area contributed by atoms with Gasteiger partial charge in [-0.1, -0.05) is 29.8 Å². The first kappa shape index (κ1) is 16.2. The molecule has 0 aromatic heterocycles. The number of carbonyl (C=O) groups excluding carboxylic acids is 1. The van der Waals surface area contributed by atoms with Gasteiger partial charge in [0.2, 0.25) is 0 Å². The molecule has 1 fully saturated rings. The van der Waals surface area contributed by atoms with E-state index in [0.29, 0.717) is 6.54 Å². The van der Waals surface area contributed by atoms with Crippen LogP contribution in [-0.4, -0.2) is 50.2 Å². The molecule has 1 amide bonds. The van der Waals surface area contributed by atoms with Gasteiger partial charge in [-0.2, -0.15) is 5.26 Å². The van der Waals surface area contributed by atoms with Gasteiger partial charge in [0.1, 0.15) is 11.6 Å². The highest BCUT2D eigenvalue weighted by atomic mass is 16.5. The average molecular weight is 299 g/mol. The predicted molar refractivity (Wildman–Crippen MR) is 85.0 cm³/mol. The Bertz CT molecular complexity index is 567. The number of carbonyl (C=O) groups is 1. The van der Waals surface area contributed by atoms with Gasteiger partial charge >= 0.3 is 0 Å². The van der Waals surface area contributed by atoms with Crippen molar-refractivity contribution in [3.05, 3.63) is 41.0 Å². The molecule has 1 aliphatic rings. The van der Waals surface area contributed by atoms with Gasteiger partial charge in [0.15, 0.2) is 0 Å². The Hall–Kier alpha value is -2.16. The highest BCUT2D eigenvalue weighted by Gasteiger charge is 2.12. The minimum absolute atomic E-state index is 0.130. The number of hydrogen-bond donors (Lipinski definition) is 1. The fourth-order valence-electron chi connectivity index (χ4n) is 2.23. The normalized spacial score (nSPS) is 16.1. The van der Waals surface area contributed by atoms with Crippen LogP contribution in [-0.2, 0) is 9.53 Å². The number of amides is 1. The molecule has 0 aliphatic carbocycles. The summed E-state index contributed by atoms with van der Waals surface area (Å²) >= 11 is 0.